The van der Waals surface area contributed by atoms with E-state index in [1.54, 1.807) is 0 Å². The zero-order valence-electron chi connectivity index (χ0n) is 10.3. The summed E-state index contributed by atoms with van der Waals surface area (Å²) in [6.45, 7) is 2.29. The summed E-state index contributed by atoms with van der Waals surface area (Å²) in [4.78, 5) is 11.3. The van der Waals surface area contributed by atoms with E-state index in [1.165, 1.54) is 32.1 Å². The fourth-order valence-corrected chi connectivity index (χ4v) is 3.81. The van der Waals surface area contributed by atoms with E-state index < -0.39 is 5.97 Å². The summed E-state index contributed by atoms with van der Waals surface area (Å²) in [5.41, 5.74) is 0. The van der Waals surface area contributed by atoms with E-state index in [4.69, 9.17) is 0 Å². The van der Waals surface area contributed by atoms with Crippen LogP contribution in [0.25, 0.3) is 0 Å². The van der Waals surface area contributed by atoms with Gasteiger partial charge in [0.2, 0.25) is 0 Å². The van der Waals surface area contributed by atoms with Crippen LogP contribution in [0.5, 0.6) is 0 Å². The van der Waals surface area contributed by atoms with Crippen molar-refractivity contribution in [3.05, 3.63) is 0 Å². The molecule has 0 aromatic heterocycles. The molecule has 92 valence electrons. The largest absolute Gasteiger partial charge is 0.481 e. The van der Waals surface area contributed by atoms with Crippen LogP contribution in [0, 0.1) is 23.7 Å². The highest BCUT2D eigenvalue weighted by Crippen LogP contribution is 2.43. The first-order valence-corrected chi connectivity index (χ1v) is 6.91. The molecule has 1 N–H and O–H groups in total. The van der Waals surface area contributed by atoms with E-state index in [9.17, 15) is 9.90 Å². The summed E-state index contributed by atoms with van der Waals surface area (Å²) >= 11 is 0. The molecule has 0 heterocycles. The molecule has 2 nitrogen and oxygen atoms in total. The lowest BCUT2D eigenvalue weighted by atomic mass is 9.65. The van der Waals surface area contributed by atoms with Crippen molar-refractivity contribution in [1.29, 1.82) is 0 Å². The third kappa shape index (κ3) is 2.58. The third-order valence-corrected chi connectivity index (χ3v) is 4.73. The number of hydrogen-bond donors (Lipinski definition) is 1. The standard InChI is InChI=1S/C14H24O2/c1-10-7-8-12(14(15)16)13(9-10)11-5-3-2-4-6-11/h10-13H,2-9H2,1H3,(H,15,16). The van der Waals surface area contributed by atoms with Crippen LogP contribution in [-0.4, -0.2) is 11.1 Å². The summed E-state index contributed by atoms with van der Waals surface area (Å²) < 4.78 is 0. The predicted octanol–water partition coefficient (Wildman–Crippen LogP) is 3.70. The molecule has 2 aliphatic rings. The Labute approximate surface area is 98.4 Å². The summed E-state index contributed by atoms with van der Waals surface area (Å²) in [5.74, 6) is 1.34. The van der Waals surface area contributed by atoms with E-state index in [-0.39, 0.29) is 5.92 Å². The molecule has 0 amide bonds. The molecule has 3 atom stereocenters. The molecular weight excluding hydrogens is 200 g/mol. The van der Waals surface area contributed by atoms with E-state index in [0.717, 1.165) is 25.2 Å². The smallest absolute Gasteiger partial charge is 0.306 e. The van der Waals surface area contributed by atoms with Crippen LogP contribution < -0.4 is 0 Å². The van der Waals surface area contributed by atoms with Crippen LogP contribution in [0.3, 0.4) is 0 Å². The van der Waals surface area contributed by atoms with Gasteiger partial charge in [-0.1, -0.05) is 39.0 Å². The highest BCUT2D eigenvalue weighted by Gasteiger charge is 2.38. The molecular formula is C14H24O2. The molecule has 0 aromatic carbocycles. The van der Waals surface area contributed by atoms with Gasteiger partial charge in [-0.3, -0.25) is 4.79 Å². The first-order valence-electron chi connectivity index (χ1n) is 6.91. The van der Waals surface area contributed by atoms with Crippen molar-refractivity contribution in [2.45, 2.75) is 58.3 Å². The minimum Gasteiger partial charge on any atom is -0.481 e. The van der Waals surface area contributed by atoms with Gasteiger partial charge >= 0.3 is 5.97 Å². The van der Waals surface area contributed by atoms with Gasteiger partial charge in [-0.25, -0.2) is 0 Å². The van der Waals surface area contributed by atoms with Crippen LogP contribution >= 0.6 is 0 Å². The summed E-state index contributed by atoms with van der Waals surface area (Å²) in [6, 6.07) is 0. The predicted molar refractivity (Wildman–Crippen MR) is 64.2 cm³/mol. The molecule has 0 saturated heterocycles. The Hall–Kier alpha value is -0.530. The lowest BCUT2D eigenvalue weighted by Crippen LogP contribution is -2.35. The second-order valence-corrected chi connectivity index (χ2v) is 5.92. The molecule has 0 radical (unpaired) electrons. The van der Waals surface area contributed by atoms with Crippen molar-refractivity contribution in [3.63, 3.8) is 0 Å². The number of aliphatic carboxylic acids is 1. The number of carboxylic acids is 1. The van der Waals surface area contributed by atoms with Gasteiger partial charge in [-0.2, -0.15) is 0 Å². The molecule has 2 aliphatic carbocycles. The first-order chi connectivity index (χ1) is 7.68. The Morgan fingerprint density at radius 3 is 2.38 bits per heavy atom. The van der Waals surface area contributed by atoms with Crippen LogP contribution in [0.2, 0.25) is 0 Å². The van der Waals surface area contributed by atoms with Crippen molar-refractivity contribution in [1.82, 2.24) is 0 Å². The van der Waals surface area contributed by atoms with Crippen molar-refractivity contribution in [3.8, 4) is 0 Å². The van der Waals surface area contributed by atoms with Crippen molar-refractivity contribution < 1.29 is 9.90 Å². The zero-order chi connectivity index (χ0) is 11.5. The zero-order valence-corrected chi connectivity index (χ0v) is 10.3. The average Bonchev–Trinajstić information content (AvgIpc) is 2.29. The molecule has 0 aromatic rings. The highest BCUT2D eigenvalue weighted by atomic mass is 16.4. The first kappa shape index (κ1) is 11.9. The minimum absolute atomic E-state index is 0.0423. The quantitative estimate of drug-likeness (QED) is 0.776. The van der Waals surface area contributed by atoms with E-state index in [0.29, 0.717) is 11.8 Å². The second kappa shape index (κ2) is 5.20. The summed E-state index contributed by atoms with van der Waals surface area (Å²) in [5, 5.41) is 9.33. The topological polar surface area (TPSA) is 37.3 Å². The van der Waals surface area contributed by atoms with Crippen LogP contribution in [0.4, 0.5) is 0 Å². The number of rotatable bonds is 2. The van der Waals surface area contributed by atoms with E-state index >= 15 is 0 Å². The van der Waals surface area contributed by atoms with Gasteiger partial charge in [0.1, 0.15) is 0 Å². The van der Waals surface area contributed by atoms with E-state index in [2.05, 4.69) is 6.92 Å². The summed E-state index contributed by atoms with van der Waals surface area (Å²) in [6.07, 6.45) is 9.74. The maximum absolute atomic E-state index is 11.3. The Bertz CT molecular complexity index is 243. The SMILES string of the molecule is CC1CCC(C(=O)O)C(C2CCCCC2)C1. The molecule has 0 aliphatic heterocycles. The Morgan fingerprint density at radius 2 is 1.75 bits per heavy atom. The molecule has 3 unspecified atom stereocenters. The maximum Gasteiger partial charge on any atom is 0.306 e. The maximum atomic E-state index is 11.3. The van der Waals surface area contributed by atoms with Crippen LogP contribution in [0.1, 0.15) is 58.3 Å². The molecule has 0 bridgehead atoms. The average molecular weight is 224 g/mol. The van der Waals surface area contributed by atoms with Crippen LogP contribution in [-0.2, 0) is 4.79 Å². The number of carbonyl (C=O) groups is 1. The fraction of sp³-hybridized carbons (Fsp3) is 0.929. The number of carboxylic acid groups (broad SMARTS) is 1. The molecule has 16 heavy (non-hydrogen) atoms. The van der Waals surface area contributed by atoms with E-state index in [1.807, 2.05) is 0 Å². The van der Waals surface area contributed by atoms with Crippen LogP contribution in [0.15, 0.2) is 0 Å². The number of hydrogen-bond acceptors (Lipinski definition) is 1. The summed E-state index contributed by atoms with van der Waals surface area (Å²) in [7, 11) is 0. The normalized spacial score (nSPS) is 37.2. The molecule has 0 spiro atoms. The molecule has 2 rings (SSSR count). The lowest BCUT2D eigenvalue weighted by Gasteiger charge is -2.39. The fourth-order valence-electron chi connectivity index (χ4n) is 3.81. The second-order valence-electron chi connectivity index (χ2n) is 5.92. The third-order valence-electron chi connectivity index (χ3n) is 4.73. The highest BCUT2D eigenvalue weighted by molar-refractivity contribution is 5.70. The van der Waals surface area contributed by atoms with Crippen molar-refractivity contribution in [2.75, 3.05) is 0 Å². The molecule has 2 saturated carbocycles. The minimum atomic E-state index is -0.539. The monoisotopic (exact) mass is 224 g/mol. The van der Waals surface area contributed by atoms with Gasteiger partial charge in [0.05, 0.1) is 5.92 Å². The lowest BCUT2D eigenvalue weighted by molar-refractivity contribution is -0.146. The Kier molecular flexibility index (Phi) is 3.88. The Balaban J connectivity index is 2.03. The van der Waals surface area contributed by atoms with Gasteiger partial charge in [0.15, 0.2) is 0 Å². The van der Waals surface area contributed by atoms with Gasteiger partial charge in [-0.05, 0) is 37.0 Å². The van der Waals surface area contributed by atoms with Crippen molar-refractivity contribution >= 4 is 5.97 Å². The van der Waals surface area contributed by atoms with Gasteiger partial charge in [-0.15, -0.1) is 0 Å². The van der Waals surface area contributed by atoms with Gasteiger partial charge in [0.25, 0.3) is 0 Å². The molecule has 2 fully saturated rings. The Morgan fingerprint density at radius 1 is 1.06 bits per heavy atom. The van der Waals surface area contributed by atoms with Crippen molar-refractivity contribution in [2.24, 2.45) is 23.7 Å². The van der Waals surface area contributed by atoms with Gasteiger partial charge in [0, 0.05) is 0 Å². The van der Waals surface area contributed by atoms with Gasteiger partial charge < -0.3 is 5.11 Å². The molecule has 2 heteroatoms.